The van der Waals surface area contributed by atoms with Crippen molar-refractivity contribution in [3.63, 3.8) is 0 Å². The molecule has 0 amide bonds. The Morgan fingerprint density at radius 1 is 1.22 bits per heavy atom. The molecule has 0 saturated heterocycles. The van der Waals surface area contributed by atoms with Crippen molar-refractivity contribution < 1.29 is 9.72 Å². The molecule has 1 heterocycles. The van der Waals surface area contributed by atoms with Gasteiger partial charge in [-0.1, -0.05) is 0 Å². The van der Waals surface area contributed by atoms with E-state index in [1.54, 1.807) is 0 Å². The summed E-state index contributed by atoms with van der Waals surface area (Å²) in [5.41, 5.74) is 0.0471. The number of nitro benzene ring substituents is 1. The molecule has 0 spiro atoms. The summed E-state index contributed by atoms with van der Waals surface area (Å²) in [5, 5.41) is 10.7. The molecule has 0 unspecified atom stereocenters. The van der Waals surface area contributed by atoms with Crippen molar-refractivity contribution in [2.75, 3.05) is 0 Å². The van der Waals surface area contributed by atoms with Gasteiger partial charge in [0, 0.05) is 23.3 Å². The standard InChI is InChI=1S/C11H5N3O4/c15-10-6-2-1-5(14(17)18)3-7(6)9-8(10)11(16)13-4-12-9/h1-4H,(H,12,13,16). The van der Waals surface area contributed by atoms with Gasteiger partial charge in [0.25, 0.3) is 11.2 Å². The lowest BCUT2D eigenvalue weighted by Gasteiger charge is -1.97. The van der Waals surface area contributed by atoms with E-state index in [-0.39, 0.29) is 22.5 Å². The quantitative estimate of drug-likeness (QED) is 0.504. The lowest BCUT2D eigenvalue weighted by atomic mass is 10.1. The van der Waals surface area contributed by atoms with E-state index < -0.39 is 16.3 Å². The number of rotatable bonds is 1. The van der Waals surface area contributed by atoms with Gasteiger partial charge in [0.05, 0.1) is 16.9 Å². The van der Waals surface area contributed by atoms with Gasteiger partial charge in [-0.3, -0.25) is 19.7 Å². The van der Waals surface area contributed by atoms with Gasteiger partial charge in [0.1, 0.15) is 5.56 Å². The number of ketones is 1. The third-order valence-corrected chi connectivity index (χ3v) is 2.79. The van der Waals surface area contributed by atoms with Gasteiger partial charge >= 0.3 is 0 Å². The number of H-pyrrole nitrogens is 1. The lowest BCUT2D eigenvalue weighted by Crippen LogP contribution is -2.16. The molecule has 0 atom stereocenters. The van der Waals surface area contributed by atoms with Crippen LogP contribution in [-0.4, -0.2) is 20.7 Å². The number of hydrogen-bond donors (Lipinski definition) is 1. The molecule has 7 nitrogen and oxygen atoms in total. The molecule has 3 rings (SSSR count). The zero-order chi connectivity index (χ0) is 12.9. The van der Waals surface area contributed by atoms with Crippen LogP contribution in [0.1, 0.15) is 15.9 Å². The zero-order valence-corrected chi connectivity index (χ0v) is 8.84. The highest BCUT2D eigenvalue weighted by Gasteiger charge is 2.31. The SMILES string of the molecule is O=C1c2ccc([N+](=O)[O-])cc2-c2nc[nH]c(=O)c21. The van der Waals surface area contributed by atoms with Gasteiger partial charge in [-0.2, -0.15) is 0 Å². The van der Waals surface area contributed by atoms with Crippen LogP contribution in [-0.2, 0) is 0 Å². The highest BCUT2D eigenvalue weighted by Crippen LogP contribution is 2.34. The summed E-state index contributed by atoms with van der Waals surface area (Å²) in [7, 11) is 0. The summed E-state index contributed by atoms with van der Waals surface area (Å²) in [5.74, 6) is -0.454. The third kappa shape index (κ3) is 1.21. The Hall–Kier alpha value is -2.83. The fourth-order valence-corrected chi connectivity index (χ4v) is 1.99. The first-order chi connectivity index (χ1) is 8.59. The average molecular weight is 243 g/mol. The monoisotopic (exact) mass is 243 g/mol. The number of hydrogen-bond acceptors (Lipinski definition) is 5. The molecule has 18 heavy (non-hydrogen) atoms. The van der Waals surface area contributed by atoms with Gasteiger partial charge in [0.15, 0.2) is 0 Å². The number of aromatic amines is 1. The second kappa shape index (κ2) is 3.33. The van der Waals surface area contributed by atoms with Crippen molar-refractivity contribution in [2.45, 2.75) is 0 Å². The van der Waals surface area contributed by atoms with Crippen LogP contribution in [0.4, 0.5) is 5.69 Å². The predicted octanol–water partition coefficient (Wildman–Crippen LogP) is 0.889. The van der Waals surface area contributed by atoms with E-state index in [1.807, 2.05) is 0 Å². The number of nitrogens with zero attached hydrogens (tertiary/aromatic N) is 2. The molecule has 0 fully saturated rings. The van der Waals surface area contributed by atoms with E-state index >= 15 is 0 Å². The summed E-state index contributed by atoms with van der Waals surface area (Å²) in [6, 6.07) is 3.83. The third-order valence-electron chi connectivity index (χ3n) is 2.79. The van der Waals surface area contributed by atoms with Crippen molar-refractivity contribution in [3.8, 4) is 11.3 Å². The molecule has 1 aromatic heterocycles. The number of nitro groups is 1. The molecule has 0 radical (unpaired) electrons. The molecule has 2 aromatic rings. The second-order valence-corrected chi connectivity index (χ2v) is 3.77. The van der Waals surface area contributed by atoms with Crippen molar-refractivity contribution in [1.82, 2.24) is 9.97 Å². The number of nitrogens with one attached hydrogen (secondary N) is 1. The van der Waals surface area contributed by atoms with Gasteiger partial charge in [0.2, 0.25) is 5.78 Å². The maximum Gasteiger partial charge on any atom is 0.270 e. The first-order valence-corrected chi connectivity index (χ1v) is 5.01. The number of carbonyl (C=O) groups is 1. The lowest BCUT2D eigenvalue weighted by molar-refractivity contribution is -0.384. The fraction of sp³-hybridized carbons (Fsp3) is 0. The molecule has 1 aromatic carbocycles. The van der Waals surface area contributed by atoms with E-state index in [2.05, 4.69) is 9.97 Å². The first-order valence-electron chi connectivity index (χ1n) is 5.01. The molecule has 1 aliphatic rings. The molecule has 1 N–H and O–H groups in total. The van der Waals surface area contributed by atoms with Crippen LogP contribution in [0.25, 0.3) is 11.3 Å². The van der Waals surface area contributed by atoms with Gasteiger partial charge < -0.3 is 4.98 Å². The van der Waals surface area contributed by atoms with E-state index in [0.717, 1.165) is 0 Å². The Morgan fingerprint density at radius 2 is 2.00 bits per heavy atom. The maximum atomic E-state index is 12.0. The first kappa shape index (κ1) is 10.3. The molecule has 0 bridgehead atoms. The van der Waals surface area contributed by atoms with Crippen LogP contribution in [0, 0.1) is 10.1 Å². The largest absolute Gasteiger partial charge is 0.312 e. The topological polar surface area (TPSA) is 106 Å². The average Bonchev–Trinajstić information content (AvgIpc) is 2.64. The Bertz CT molecular complexity index is 763. The van der Waals surface area contributed by atoms with Gasteiger partial charge in [-0.15, -0.1) is 0 Å². The van der Waals surface area contributed by atoms with Crippen LogP contribution in [0.3, 0.4) is 0 Å². The highest BCUT2D eigenvalue weighted by molar-refractivity contribution is 6.20. The minimum absolute atomic E-state index is 0.0620. The van der Waals surface area contributed by atoms with Crippen LogP contribution in [0.2, 0.25) is 0 Å². The van der Waals surface area contributed by atoms with Crippen LogP contribution in [0.5, 0.6) is 0 Å². The van der Waals surface area contributed by atoms with Crippen molar-refractivity contribution >= 4 is 11.5 Å². The molecule has 7 heteroatoms. The minimum atomic E-state index is -0.560. The second-order valence-electron chi connectivity index (χ2n) is 3.77. The van der Waals surface area contributed by atoms with Gasteiger partial charge in [-0.25, -0.2) is 4.98 Å². The number of fused-ring (bicyclic) bond motifs is 3. The molecule has 88 valence electrons. The van der Waals surface area contributed by atoms with Crippen LogP contribution < -0.4 is 5.56 Å². The minimum Gasteiger partial charge on any atom is -0.312 e. The van der Waals surface area contributed by atoms with Gasteiger partial charge in [-0.05, 0) is 6.07 Å². The summed E-state index contributed by atoms with van der Waals surface area (Å²) < 4.78 is 0. The van der Waals surface area contributed by atoms with E-state index in [0.29, 0.717) is 5.56 Å². The number of carbonyl (C=O) groups excluding carboxylic acids is 1. The summed E-state index contributed by atoms with van der Waals surface area (Å²) in [6.45, 7) is 0. The Kier molecular flexibility index (Phi) is 1.91. The zero-order valence-electron chi connectivity index (χ0n) is 8.84. The Balaban J connectivity index is 2.36. The van der Waals surface area contributed by atoms with Crippen molar-refractivity contribution in [3.05, 3.63) is 56.1 Å². The Morgan fingerprint density at radius 3 is 2.72 bits per heavy atom. The van der Waals surface area contributed by atoms with Crippen molar-refractivity contribution in [1.29, 1.82) is 0 Å². The summed E-state index contributed by atoms with van der Waals surface area (Å²) >= 11 is 0. The fourth-order valence-electron chi connectivity index (χ4n) is 1.99. The van der Waals surface area contributed by atoms with Crippen LogP contribution >= 0.6 is 0 Å². The molecule has 1 aliphatic carbocycles. The van der Waals surface area contributed by atoms with E-state index in [9.17, 15) is 19.7 Å². The Labute approximate surface area is 99.3 Å². The summed E-state index contributed by atoms with van der Waals surface area (Å²) in [6.07, 6.45) is 1.17. The van der Waals surface area contributed by atoms with Crippen LogP contribution in [0.15, 0.2) is 29.3 Å². The molecule has 0 saturated carbocycles. The number of benzene rings is 1. The highest BCUT2D eigenvalue weighted by atomic mass is 16.6. The summed E-state index contributed by atoms with van der Waals surface area (Å²) in [4.78, 5) is 39.9. The molecular formula is C11H5N3O4. The number of non-ortho nitro benzene ring substituents is 1. The van der Waals surface area contributed by atoms with E-state index in [1.165, 1.54) is 24.5 Å². The van der Waals surface area contributed by atoms with Crippen molar-refractivity contribution in [2.24, 2.45) is 0 Å². The normalized spacial score (nSPS) is 12.1. The molecular weight excluding hydrogens is 238 g/mol. The van der Waals surface area contributed by atoms with E-state index in [4.69, 9.17) is 0 Å². The predicted molar refractivity (Wildman–Crippen MR) is 60.4 cm³/mol. The molecule has 0 aliphatic heterocycles. The maximum absolute atomic E-state index is 12.0. The number of aromatic nitrogens is 2. The smallest absolute Gasteiger partial charge is 0.270 e.